The molecule has 1 saturated heterocycles. The van der Waals surface area contributed by atoms with E-state index in [0.29, 0.717) is 36.9 Å². The van der Waals surface area contributed by atoms with E-state index in [2.05, 4.69) is 11.8 Å². The van der Waals surface area contributed by atoms with Gasteiger partial charge in [0.15, 0.2) is 0 Å². The lowest BCUT2D eigenvalue weighted by Gasteiger charge is -2.30. The first-order chi connectivity index (χ1) is 14.8. The maximum absolute atomic E-state index is 12.9. The number of anilines is 2. The fourth-order valence-electron chi connectivity index (χ4n) is 4.42. The van der Waals surface area contributed by atoms with Gasteiger partial charge in [-0.2, -0.15) is 13.2 Å². The second-order valence-corrected chi connectivity index (χ2v) is 8.29. The first kappa shape index (κ1) is 21.7. The highest BCUT2D eigenvalue weighted by Gasteiger charge is 2.31. The molecule has 1 atom stereocenters. The van der Waals surface area contributed by atoms with Gasteiger partial charge in [0.25, 0.3) is 0 Å². The lowest BCUT2D eigenvalue weighted by atomic mass is 9.99. The van der Waals surface area contributed by atoms with Gasteiger partial charge in [-0.15, -0.1) is 0 Å². The molecule has 2 aliphatic rings. The normalized spacial score (nSPS) is 19.5. The molecule has 0 N–H and O–H groups in total. The first-order valence-corrected chi connectivity index (χ1v) is 10.8. The SMILES string of the molecule is C[C@@H]1CCCN1CCCOc1ccc2c(c1)CCC(=O)N2c1ccc(C(F)(F)F)cc1. The van der Waals surface area contributed by atoms with Gasteiger partial charge in [-0.25, -0.2) is 0 Å². The molecule has 2 aliphatic heterocycles. The lowest BCUT2D eigenvalue weighted by Crippen LogP contribution is -2.30. The number of carbonyl (C=O) groups is 1. The number of nitrogens with zero attached hydrogens (tertiary/aromatic N) is 2. The highest BCUT2D eigenvalue weighted by atomic mass is 19.4. The van der Waals surface area contributed by atoms with E-state index in [1.807, 2.05) is 18.2 Å². The maximum Gasteiger partial charge on any atom is 0.416 e. The van der Waals surface area contributed by atoms with Gasteiger partial charge in [-0.3, -0.25) is 9.69 Å². The highest BCUT2D eigenvalue weighted by molar-refractivity contribution is 6.03. The highest BCUT2D eigenvalue weighted by Crippen LogP contribution is 2.38. The molecule has 1 fully saturated rings. The van der Waals surface area contributed by atoms with Crippen LogP contribution < -0.4 is 9.64 Å². The van der Waals surface area contributed by atoms with Crippen molar-refractivity contribution in [1.82, 2.24) is 4.90 Å². The molecule has 0 unspecified atom stereocenters. The summed E-state index contributed by atoms with van der Waals surface area (Å²) in [5, 5.41) is 0. The number of hydrogen-bond acceptors (Lipinski definition) is 3. The monoisotopic (exact) mass is 432 g/mol. The van der Waals surface area contributed by atoms with Crippen molar-refractivity contribution in [2.75, 3.05) is 24.6 Å². The fraction of sp³-hybridized carbons (Fsp3) is 0.458. The van der Waals surface area contributed by atoms with Crippen molar-refractivity contribution in [3.05, 3.63) is 53.6 Å². The van der Waals surface area contributed by atoms with E-state index in [-0.39, 0.29) is 5.91 Å². The summed E-state index contributed by atoms with van der Waals surface area (Å²) in [6, 6.07) is 11.0. The van der Waals surface area contributed by atoms with Crippen LogP contribution >= 0.6 is 0 Å². The third-order valence-corrected chi connectivity index (χ3v) is 6.15. The van der Waals surface area contributed by atoms with Gasteiger partial charge in [0.1, 0.15) is 5.75 Å². The minimum absolute atomic E-state index is 0.124. The molecule has 4 rings (SSSR count). The number of rotatable bonds is 6. The number of hydrogen-bond donors (Lipinski definition) is 0. The molecule has 0 bridgehead atoms. The van der Waals surface area contributed by atoms with Crippen molar-refractivity contribution in [2.24, 2.45) is 0 Å². The average Bonchev–Trinajstić information content (AvgIpc) is 3.15. The van der Waals surface area contributed by atoms with Gasteiger partial charge in [0, 0.05) is 24.7 Å². The van der Waals surface area contributed by atoms with E-state index in [4.69, 9.17) is 4.74 Å². The van der Waals surface area contributed by atoms with Crippen molar-refractivity contribution < 1.29 is 22.7 Å². The molecule has 0 spiro atoms. The van der Waals surface area contributed by atoms with Gasteiger partial charge in [0.2, 0.25) is 5.91 Å². The molecular formula is C24H27F3N2O2. The summed E-state index contributed by atoms with van der Waals surface area (Å²) in [6.45, 7) is 5.08. The summed E-state index contributed by atoms with van der Waals surface area (Å²) in [4.78, 5) is 16.5. The first-order valence-electron chi connectivity index (χ1n) is 10.8. The van der Waals surface area contributed by atoms with E-state index in [1.54, 1.807) is 0 Å². The number of fused-ring (bicyclic) bond motifs is 1. The largest absolute Gasteiger partial charge is 0.494 e. The van der Waals surface area contributed by atoms with Gasteiger partial charge in [-0.05, 0) is 87.2 Å². The Morgan fingerprint density at radius 1 is 1.10 bits per heavy atom. The number of ether oxygens (including phenoxy) is 1. The summed E-state index contributed by atoms with van der Waals surface area (Å²) in [6.07, 6.45) is -0.0159. The van der Waals surface area contributed by atoms with Crippen LogP contribution in [0.25, 0.3) is 0 Å². The molecule has 0 saturated carbocycles. The predicted octanol–water partition coefficient (Wildman–Crippen LogP) is 5.57. The second-order valence-electron chi connectivity index (χ2n) is 8.29. The van der Waals surface area contributed by atoms with E-state index in [1.165, 1.54) is 29.9 Å². The van der Waals surface area contributed by atoms with Crippen molar-refractivity contribution in [2.45, 2.75) is 51.2 Å². The molecule has 2 aromatic rings. The third kappa shape index (κ3) is 4.87. The average molecular weight is 432 g/mol. The molecule has 4 nitrogen and oxygen atoms in total. The number of halogens is 3. The molecule has 0 aliphatic carbocycles. The topological polar surface area (TPSA) is 32.8 Å². The summed E-state index contributed by atoms with van der Waals surface area (Å²) in [5.41, 5.74) is 1.37. The Hall–Kier alpha value is -2.54. The summed E-state index contributed by atoms with van der Waals surface area (Å²) in [7, 11) is 0. The fourth-order valence-corrected chi connectivity index (χ4v) is 4.42. The molecule has 0 aromatic heterocycles. The Labute approximate surface area is 180 Å². The summed E-state index contributed by atoms with van der Waals surface area (Å²) in [5.74, 6) is 0.635. The van der Waals surface area contributed by atoms with Gasteiger partial charge in [-0.1, -0.05) is 0 Å². The Kier molecular flexibility index (Phi) is 6.23. The third-order valence-electron chi connectivity index (χ3n) is 6.15. The standard InChI is InChI=1S/C24H27F3N2O2/c1-17-4-2-13-28(17)14-3-15-31-21-10-11-22-18(16-21)5-12-23(30)29(22)20-8-6-19(7-9-20)24(25,26)27/h6-11,16-17H,2-5,12-15H2,1H3/t17-/m1/s1. The Morgan fingerprint density at radius 2 is 1.87 bits per heavy atom. The number of benzene rings is 2. The minimum Gasteiger partial charge on any atom is -0.494 e. The van der Waals surface area contributed by atoms with Crippen LogP contribution in [0, 0.1) is 0 Å². The molecule has 166 valence electrons. The van der Waals surface area contributed by atoms with Crippen LogP contribution in [0.3, 0.4) is 0 Å². The number of alkyl halides is 3. The van der Waals surface area contributed by atoms with Gasteiger partial charge in [0.05, 0.1) is 17.9 Å². The zero-order valence-electron chi connectivity index (χ0n) is 17.6. The molecule has 2 heterocycles. The van der Waals surface area contributed by atoms with Gasteiger partial charge < -0.3 is 9.64 Å². The Balaban J connectivity index is 1.43. The number of aryl methyl sites for hydroxylation is 1. The number of likely N-dealkylation sites (tertiary alicyclic amines) is 1. The quantitative estimate of drug-likeness (QED) is 0.560. The van der Waals surface area contributed by atoms with Crippen LogP contribution in [0.4, 0.5) is 24.5 Å². The molecule has 0 radical (unpaired) electrons. The Morgan fingerprint density at radius 3 is 2.55 bits per heavy atom. The van der Waals surface area contributed by atoms with Crippen molar-refractivity contribution in [3.63, 3.8) is 0 Å². The van der Waals surface area contributed by atoms with E-state index < -0.39 is 11.7 Å². The molecule has 1 amide bonds. The lowest BCUT2D eigenvalue weighted by molar-refractivity contribution is -0.137. The van der Waals surface area contributed by atoms with E-state index >= 15 is 0 Å². The van der Waals surface area contributed by atoms with Crippen LogP contribution in [0.5, 0.6) is 5.75 Å². The molecular weight excluding hydrogens is 405 g/mol. The Bertz CT molecular complexity index is 927. The predicted molar refractivity (Wildman–Crippen MR) is 114 cm³/mol. The molecule has 7 heteroatoms. The zero-order valence-corrected chi connectivity index (χ0v) is 17.6. The molecule has 2 aromatic carbocycles. The van der Waals surface area contributed by atoms with Crippen molar-refractivity contribution in [3.8, 4) is 5.75 Å². The van der Waals surface area contributed by atoms with Crippen LogP contribution in [-0.4, -0.2) is 36.5 Å². The second kappa shape index (κ2) is 8.91. The van der Waals surface area contributed by atoms with Crippen LogP contribution in [0.2, 0.25) is 0 Å². The van der Waals surface area contributed by atoms with Crippen LogP contribution in [0.15, 0.2) is 42.5 Å². The maximum atomic E-state index is 12.9. The van der Waals surface area contributed by atoms with Crippen molar-refractivity contribution >= 4 is 17.3 Å². The van der Waals surface area contributed by atoms with Crippen LogP contribution in [0.1, 0.15) is 43.7 Å². The smallest absolute Gasteiger partial charge is 0.416 e. The molecule has 31 heavy (non-hydrogen) atoms. The van der Waals surface area contributed by atoms with E-state index in [9.17, 15) is 18.0 Å². The summed E-state index contributed by atoms with van der Waals surface area (Å²) < 4.78 is 44.5. The summed E-state index contributed by atoms with van der Waals surface area (Å²) >= 11 is 0. The van der Waals surface area contributed by atoms with Crippen molar-refractivity contribution in [1.29, 1.82) is 0 Å². The minimum atomic E-state index is -4.40. The van der Waals surface area contributed by atoms with Gasteiger partial charge >= 0.3 is 6.18 Å². The number of amides is 1. The number of carbonyl (C=O) groups excluding carboxylic acids is 1. The van der Waals surface area contributed by atoms with E-state index in [0.717, 1.165) is 43.0 Å². The zero-order chi connectivity index (χ0) is 22.0. The van der Waals surface area contributed by atoms with Crippen LogP contribution in [-0.2, 0) is 17.4 Å².